The largest absolute Gasteiger partial charge is 0.352 e. The maximum atomic E-state index is 13.3. The molecule has 7 nitrogen and oxygen atoms in total. The molecule has 0 spiro atoms. The van der Waals surface area contributed by atoms with Crippen LogP contribution in [0.1, 0.15) is 25.5 Å². The molecule has 0 radical (unpaired) electrons. The molecule has 0 aliphatic carbocycles. The number of rotatable bonds is 3. The van der Waals surface area contributed by atoms with Gasteiger partial charge in [-0.25, -0.2) is 23.3 Å². The second-order valence-corrected chi connectivity index (χ2v) is 7.43. The molecule has 2 aromatic heterocycles. The fraction of sp³-hybridized carbons (Fsp3) is 0.400. The van der Waals surface area contributed by atoms with E-state index in [2.05, 4.69) is 17.0 Å². The summed E-state index contributed by atoms with van der Waals surface area (Å²) in [4.78, 5) is 31.8. The molecule has 1 aliphatic rings. The van der Waals surface area contributed by atoms with Crippen LogP contribution in [0.2, 0.25) is 0 Å². The fourth-order valence-corrected chi connectivity index (χ4v) is 3.53. The molecular weight excluding hydrogens is 361 g/mol. The van der Waals surface area contributed by atoms with Gasteiger partial charge < -0.3 is 4.90 Å². The highest BCUT2D eigenvalue weighted by Crippen LogP contribution is 2.19. The highest BCUT2D eigenvalue weighted by molar-refractivity contribution is 5.76. The lowest BCUT2D eigenvalue weighted by Crippen LogP contribution is -2.41. The Morgan fingerprint density at radius 3 is 2.57 bits per heavy atom. The van der Waals surface area contributed by atoms with E-state index in [4.69, 9.17) is 0 Å². The zero-order valence-electron chi connectivity index (χ0n) is 15.9. The van der Waals surface area contributed by atoms with E-state index in [9.17, 15) is 14.0 Å². The van der Waals surface area contributed by atoms with E-state index in [0.717, 1.165) is 12.8 Å². The van der Waals surface area contributed by atoms with E-state index in [1.807, 2.05) is 0 Å². The molecular formula is C20H22FN5O2. The van der Waals surface area contributed by atoms with Gasteiger partial charge >= 0.3 is 5.69 Å². The van der Waals surface area contributed by atoms with Gasteiger partial charge in [-0.15, -0.1) is 5.10 Å². The zero-order chi connectivity index (χ0) is 19.8. The van der Waals surface area contributed by atoms with Crippen LogP contribution >= 0.6 is 0 Å². The first-order valence-electron chi connectivity index (χ1n) is 9.43. The molecule has 0 N–H and O–H groups in total. The maximum Gasteiger partial charge on any atom is 0.352 e. The molecule has 146 valence electrons. The third kappa shape index (κ3) is 3.42. The summed E-state index contributed by atoms with van der Waals surface area (Å²) in [5, 5.41) is 4.33. The summed E-state index contributed by atoms with van der Waals surface area (Å²) in [6.45, 7) is 5.31. The predicted molar refractivity (Wildman–Crippen MR) is 102 cm³/mol. The first-order valence-corrected chi connectivity index (χ1v) is 9.43. The Bertz CT molecular complexity index is 1080. The number of aryl methyl sites for hydroxylation is 1. The molecule has 3 heterocycles. The number of hydrogen-bond acceptors (Lipinski definition) is 4. The number of nitrogens with zero attached hydrogens (tertiary/aromatic N) is 5. The average Bonchev–Trinajstić information content (AvgIpc) is 2.97. The third-order valence-electron chi connectivity index (χ3n) is 5.22. The van der Waals surface area contributed by atoms with E-state index in [-0.39, 0.29) is 18.3 Å². The molecule has 28 heavy (non-hydrogen) atoms. The Balaban J connectivity index is 1.70. The van der Waals surface area contributed by atoms with Crippen LogP contribution in [0.25, 0.3) is 17.0 Å². The number of piperidine rings is 1. The first kappa shape index (κ1) is 18.3. The van der Waals surface area contributed by atoms with Crippen LogP contribution < -0.4 is 5.69 Å². The molecule has 0 unspecified atom stereocenters. The van der Waals surface area contributed by atoms with Crippen LogP contribution in [-0.4, -0.2) is 43.1 Å². The van der Waals surface area contributed by atoms with Gasteiger partial charge in [-0.2, -0.15) is 0 Å². The number of aromatic nitrogens is 4. The lowest BCUT2D eigenvalue weighted by Gasteiger charge is -2.30. The highest BCUT2D eigenvalue weighted by atomic mass is 19.1. The number of carbonyl (C=O) groups excluding carboxylic acids is 1. The predicted octanol–water partition coefficient (Wildman–Crippen LogP) is 2.26. The summed E-state index contributed by atoms with van der Waals surface area (Å²) >= 11 is 0. The standard InChI is InChI=1S/C20H22FN5O2/c1-13-7-9-24(10-8-13)18(27)12-25-20(28)26-17(23-25)11-14(2)22-19(26)15-3-5-16(21)6-4-15/h3-6,11,13H,7-10,12H2,1-2H3. The monoisotopic (exact) mass is 383 g/mol. The minimum Gasteiger partial charge on any atom is -0.341 e. The summed E-state index contributed by atoms with van der Waals surface area (Å²) in [6, 6.07) is 7.47. The summed E-state index contributed by atoms with van der Waals surface area (Å²) in [6.07, 6.45) is 1.95. The molecule has 1 aromatic carbocycles. The van der Waals surface area contributed by atoms with Crippen molar-refractivity contribution in [1.82, 2.24) is 24.1 Å². The lowest BCUT2D eigenvalue weighted by atomic mass is 9.99. The Morgan fingerprint density at radius 1 is 1.21 bits per heavy atom. The second-order valence-electron chi connectivity index (χ2n) is 7.43. The average molecular weight is 383 g/mol. The minimum atomic E-state index is -0.430. The number of halogens is 1. The number of amides is 1. The highest BCUT2D eigenvalue weighted by Gasteiger charge is 2.22. The van der Waals surface area contributed by atoms with Gasteiger partial charge in [-0.3, -0.25) is 4.79 Å². The lowest BCUT2D eigenvalue weighted by molar-refractivity contribution is -0.133. The van der Waals surface area contributed by atoms with Gasteiger partial charge in [-0.1, -0.05) is 6.92 Å². The van der Waals surface area contributed by atoms with Gasteiger partial charge in [0.1, 0.15) is 18.2 Å². The van der Waals surface area contributed by atoms with Crippen molar-refractivity contribution in [1.29, 1.82) is 0 Å². The second kappa shape index (κ2) is 7.18. The molecule has 0 bridgehead atoms. The number of benzene rings is 1. The van der Waals surface area contributed by atoms with Crippen LogP contribution in [0.3, 0.4) is 0 Å². The van der Waals surface area contributed by atoms with Crippen molar-refractivity contribution in [3.05, 3.63) is 52.3 Å². The Labute approximate surface area is 161 Å². The molecule has 1 saturated heterocycles. The van der Waals surface area contributed by atoms with E-state index in [0.29, 0.717) is 41.7 Å². The molecule has 8 heteroatoms. The Morgan fingerprint density at radius 2 is 1.89 bits per heavy atom. The normalized spacial score (nSPS) is 15.3. The Kier molecular flexibility index (Phi) is 4.70. The molecule has 1 aliphatic heterocycles. The van der Waals surface area contributed by atoms with Gasteiger partial charge in [0.25, 0.3) is 0 Å². The molecule has 0 saturated carbocycles. The van der Waals surface area contributed by atoms with Crippen LogP contribution in [0, 0.1) is 18.7 Å². The quantitative estimate of drug-likeness (QED) is 0.696. The number of hydrogen-bond donors (Lipinski definition) is 0. The first-order chi connectivity index (χ1) is 13.4. The fourth-order valence-electron chi connectivity index (χ4n) is 3.53. The van der Waals surface area contributed by atoms with E-state index >= 15 is 0 Å². The van der Waals surface area contributed by atoms with Crippen molar-refractivity contribution in [2.75, 3.05) is 13.1 Å². The summed E-state index contributed by atoms with van der Waals surface area (Å²) < 4.78 is 15.8. The maximum absolute atomic E-state index is 13.3. The van der Waals surface area contributed by atoms with E-state index in [1.54, 1.807) is 30.0 Å². The van der Waals surface area contributed by atoms with E-state index in [1.165, 1.54) is 21.2 Å². The number of carbonyl (C=O) groups is 1. The van der Waals surface area contributed by atoms with Crippen LogP contribution in [0.4, 0.5) is 4.39 Å². The van der Waals surface area contributed by atoms with Gasteiger partial charge in [-0.05, 0) is 49.9 Å². The van der Waals surface area contributed by atoms with Crippen molar-refractivity contribution in [2.45, 2.75) is 33.2 Å². The van der Waals surface area contributed by atoms with Crippen molar-refractivity contribution in [2.24, 2.45) is 5.92 Å². The van der Waals surface area contributed by atoms with Crippen LogP contribution in [-0.2, 0) is 11.3 Å². The van der Waals surface area contributed by atoms with Crippen LogP contribution in [0.5, 0.6) is 0 Å². The summed E-state index contributed by atoms with van der Waals surface area (Å²) in [5.74, 6) is 0.530. The minimum absolute atomic E-state index is 0.100. The topological polar surface area (TPSA) is 72.5 Å². The zero-order valence-corrected chi connectivity index (χ0v) is 15.9. The molecule has 0 atom stereocenters. The molecule has 1 fully saturated rings. The third-order valence-corrected chi connectivity index (χ3v) is 5.22. The van der Waals surface area contributed by atoms with Gasteiger partial charge in [0.2, 0.25) is 5.91 Å². The van der Waals surface area contributed by atoms with Crippen LogP contribution in [0.15, 0.2) is 35.1 Å². The number of likely N-dealkylation sites (tertiary alicyclic amines) is 1. The van der Waals surface area contributed by atoms with Gasteiger partial charge in [0.05, 0.1) is 0 Å². The van der Waals surface area contributed by atoms with E-state index < -0.39 is 5.69 Å². The molecule has 4 rings (SSSR count). The Hall–Kier alpha value is -3.03. The van der Waals surface area contributed by atoms with Crippen molar-refractivity contribution < 1.29 is 9.18 Å². The number of fused-ring (bicyclic) bond motifs is 1. The van der Waals surface area contributed by atoms with Crippen molar-refractivity contribution >= 4 is 11.6 Å². The molecule has 1 amide bonds. The van der Waals surface area contributed by atoms with Gasteiger partial charge in [0, 0.05) is 30.4 Å². The van der Waals surface area contributed by atoms with Crippen molar-refractivity contribution in [3.63, 3.8) is 0 Å². The smallest absolute Gasteiger partial charge is 0.341 e. The van der Waals surface area contributed by atoms with Crippen molar-refractivity contribution in [3.8, 4) is 11.4 Å². The SMILES string of the molecule is Cc1cc2nn(CC(=O)N3CCC(C)CC3)c(=O)n2c(-c2ccc(F)cc2)n1. The summed E-state index contributed by atoms with van der Waals surface area (Å²) in [7, 11) is 0. The molecule has 3 aromatic rings. The van der Waals surface area contributed by atoms with Gasteiger partial charge in [0.15, 0.2) is 5.65 Å². The summed E-state index contributed by atoms with van der Waals surface area (Å²) in [5.41, 5.74) is 1.27.